The molecule has 144 valence electrons. The highest BCUT2D eigenvalue weighted by Crippen LogP contribution is 2.23. The number of benzene rings is 2. The average molecular weight is 424 g/mol. The van der Waals surface area contributed by atoms with Gasteiger partial charge in [-0.05, 0) is 61.1 Å². The predicted molar refractivity (Wildman–Crippen MR) is 117 cm³/mol. The van der Waals surface area contributed by atoms with E-state index in [0.717, 1.165) is 49.3 Å². The molecule has 2 aromatic rings. The highest BCUT2D eigenvalue weighted by molar-refractivity contribution is 7.80. The third kappa shape index (κ3) is 5.72. The molecule has 1 N–H and O–H groups in total. The summed E-state index contributed by atoms with van der Waals surface area (Å²) >= 11 is 17.7. The van der Waals surface area contributed by atoms with Crippen LogP contribution in [-0.2, 0) is 6.54 Å². The van der Waals surface area contributed by atoms with Crippen LogP contribution in [0.25, 0.3) is 0 Å². The van der Waals surface area contributed by atoms with Crippen LogP contribution >= 0.6 is 35.4 Å². The van der Waals surface area contributed by atoms with Crippen LogP contribution in [0.2, 0.25) is 10.0 Å². The molecule has 0 saturated carbocycles. The van der Waals surface area contributed by atoms with Gasteiger partial charge in [-0.1, -0.05) is 29.3 Å². The van der Waals surface area contributed by atoms with Gasteiger partial charge < -0.3 is 15.0 Å². The van der Waals surface area contributed by atoms with E-state index in [4.69, 9.17) is 40.2 Å². The summed E-state index contributed by atoms with van der Waals surface area (Å²) in [6.07, 6.45) is 0. The number of nitrogens with zero attached hydrogens (tertiary/aromatic N) is 2. The van der Waals surface area contributed by atoms with Crippen molar-refractivity contribution in [1.29, 1.82) is 0 Å². The van der Waals surface area contributed by atoms with Gasteiger partial charge in [0.05, 0.1) is 16.7 Å². The number of thiocarbonyl (C=S) groups is 1. The lowest BCUT2D eigenvalue weighted by Crippen LogP contribution is -2.49. The van der Waals surface area contributed by atoms with Crippen molar-refractivity contribution in [3.63, 3.8) is 0 Å². The molecular formula is C20H23Cl2N3OS. The predicted octanol–water partition coefficient (Wildman–Crippen LogP) is 4.91. The van der Waals surface area contributed by atoms with Gasteiger partial charge >= 0.3 is 0 Å². The first-order chi connectivity index (χ1) is 13.0. The van der Waals surface area contributed by atoms with Crippen LogP contribution in [0.3, 0.4) is 0 Å². The first-order valence-corrected chi connectivity index (χ1v) is 10.2. The van der Waals surface area contributed by atoms with Gasteiger partial charge in [0.15, 0.2) is 5.11 Å². The van der Waals surface area contributed by atoms with Gasteiger partial charge in [0.25, 0.3) is 0 Å². The Morgan fingerprint density at radius 3 is 2.37 bits per heavy atom. The highest BCUT2D eigenvalue weighted by atomic mass is 35.5. The standard InChI is InChI=1S/C20H23Cl2N3OS/c1-2-26-17-6-4-16(5-7-17)23-20(27)25-11-9-24(10-12-25)14-15-3-8-18(21)19(22)13-15/h3-8,13H,2,9-12,14H2,1H3,(H,23,27). The second-order valence-electron chi connectivity index (χ2n) is 6.40. The molecule has 1 aliphatic heterocycles. The van der Waals surface area contributed by atoms with Crippen LogP contribution in [0.5, 0.6) is 5.75 Å². The summed E-state index contributed by atoms with van der Waals surface area (Å²) in [5.41, 5.74) is 2.15. The number of halogens is 2. The molecule has 2 aromatic carbocycles. The van der Waals surface area contributed by atoms with Crippen molar-refractivity contribution in [1.82, 2.24) is 9.80 Å². The number of ether oxygens (including phenoxy) is 1. The monoisotopic (exact) mass is 423 g/mol. The van der Waals surface area contributed by atoms with E-state index in [1.54, 1.807) is 0 Å². The van der Waals surface area contributed by atoms with Gasteiger partial charge in [-0.2, -0.15) is 0 Å². The molecule has 1 heterocycles. The molecule has 1 saturated heterocycles. The summed E-state index contributed by atoms with van der Waals surface area (Å²) < 4.78 is 5.46. The van der Waals surface area contributed by atoms with Crippen LogP contribution in [0.4, 0.5) is 5.69 Å². The van der Waals surface area contributed by atoms with Crippen molar-refractivity contribution in [2.75, 3.05) is 38.1 Å². The molecule has 0 radical (unpaired) electrons. The van der Waals surface area contributed by atoms with Crippen molar-refractivity contribution in [2.45, 2.75) is 13.5 Å². The van der Waals surface area contributed by atoms with Crippen LogP contribution in [0.15, 0.2) is 42.5 Å². The zero-order valence-electron chi connectivity index (χ0n) is 15.3. The summed E-state index contributed by atoms with van der Waals surface area (Å²) in [6, 6.07) is 13.7. The van der Waals surface area contributed by atoms with Crippen LogP contribution < -0.4 is 10.1 Å². The topological polar surface area (TPSA) is 27.7 Å². The van der Waals surface area contributed by atoms with E-state index < -0.39 is 0 Å². The summed E-state index contributed by atoms with van der Waals surface area (Å²) in [7, 11) is 0. The summed E-state index contributed by atoms with van der Waals surface area (Å²) in [5.74, 6) is 0.866. The lowest BCUT2D eigenvalue weighted by Gasteiger charge is -2.36. The molecule has 0 aliphatic carbocycles. The van der Waals surface area contributed by atoms with Crippen molar-refractivity contribution < 1.29 is 4.74 Å². The molecule has 0 atom stereocenters. The third-order valence-electron chi connectivity index (χ3n) is 4.47. The molecular weight excluding hydrogens is 401 g/mol. The fourth-order valence-electron chi connectivity index (χ4n) is 3.01. The second-order valence-corrected chi connectivity index (χ2v) is 7.60. The number of rotatable bonds is 5. The zero-order valence-corrected chi connectivity index (χ0v) is 17.6. The van der Waals surface area contributed by atoms with Crippen LogP contribution in [-0.4, -0.2) is 47.7 Å². The minimum atomic E-state index is 0.593. The molecule has 0 bridgehead atoms. The quantitative estimate of drug-likeness (QED) is 0.689. The van der Waals surface area contributed by atoms with Gasteiger partial charge in [0.1, 0.15) is 5.75 Å². The van der Waals surface area contributed by atoms with Crippen LogP contribution in [0.1, 0.15) is 12.5 Å². The maximum absolute atomic E-state index is 6.11. The number of piperazine rings is 1. The van der Waals surface area contributed by atoms with E-state index in [2.05, 4.69) is 15.1 Å². The Bertz CT molecular complexity index is 777. The average Bonchev–Trinajstić information content (AvgIpc) is 2.67. The van der Waals surface area contributed by atoms with Gasteiger partial charge in [0, 0.05) is 38.4 Å². The molecule has 27 heavy (non-hydrogen) atoms. The molecule has 0 unspecified atom stereocenters. The van der Waals surface area contributed by atoms with E-state index in [9.17, 15) is 0 Å². The van der Waals surface area contributed by atoms with Gasteiger partial charge in [-0.15, -0.1) is 0 Å². The first-order valence-electron chi connectivity index (χ1n) is 9.00. The Morgan fingerprint density at radius 1 is 1.04 bits per heavy atom. The normalized spacial score (nSPS) is 14.9. The maximum Gasteiger partial charge on any atom is 0.173 e. The van der Waals surface area contributed by atoms with Crippen molar-refractivity contribution in [3.8, 4) is 5.75 Å². The van der Waals surface area contributed by atoms with E-state index in [0.29, 0.717) is 16.7 Å². The van der Waals surface area contributed by atoms with E-state index >= 15 is 0 Å². The Balaban J connectivity index is 1.47. The Morgan fingerprint density at radius 2 is 1.74 bits per heavy atom. The second kappa shape index (κ2) is 9.60. The smallest absolute Gasteiger partial charge is 0.173 e. The van der Waals surface area contributed by atoms with E-state index in [1.807, 2.05) is 49.4 Å². The minimum absolute atomic E-state index is 0.593. The van der Waals surface area contributed by atoms with E-state index in [1.165, 1.54) is 5.56 Å². The molecule has 0 amide bonds. The summed E-state index contributed by atoms with van der Waals surface area (Å²) in [5, 5.41) is 5.27. The molecule has 4 nitrogen and oxygen atoms in total. The number of hydrogen-bond acceptors (Lipinski definition) is 3. The number of hydrogen-bond donors (Lipinski definition) is 1. The maximum atomic E-state index is 6.11. The fourth-order valence-corrected chi connectivity index (χ4v) is 3.63. The first kappa shape index (κ1) is 20.2. The van der Waals surface area contributed by atoms with E-state index in [-0.39, 0.29) is 0 Å². The van der Waals surface area contributed by atoms with Crippen molar-refractivity contribution >= 4 is 46.2 Å². The molecule has 7 heteroatoms. The van der Waals surface area contributed by atoms with Gasteiger partial charge in [-0.25, -0.2) is 0 Å². The highest BCUT2D eigenvalue weighted by Gasteiger charge is 2.19. The Labute approximate surface area is 176 Å². The van der Waals surface area contributed by atoms with Crippen LogP contribution in [0, 0.1) is 0 Å². The number of nitrogens with one attached hydrogen (secondary N) is 1. The van der Waals surface area contributed by atoms with Gasteiger partial charge in [0.2, 0.25) is 0 Å². The largest absolute Gasteiger partial charge is 0.494 e. The molecule has 1 fully saturated rings. The molecule has 0 aromatic heterocycles. The minimum Gasteiger partial charge on any atom is -0.494 e. The third-order valence-corrected chi connectivity index (χ3v) is 5.57. The number of anilines is 1. The van der Waals surface area contributed by atoms with Crippen molar-refractivity contribution in [3.05, 3.63) is 58.1 Å². The zero-order chi connectivity index (χ0) is 19.2. The summed E-state index contributed by atoms with van der Waals surface area (Å²) in [6.45, 7) is 7.19. The molecule has 1 aliphatic rings. The van der Waals surface area contributed by atoms with Crippen molar-refractivity contribution in [2.24, 2.45) is 0 Å². The van der Waals surface area contributed by atoms with Gasteiger partial charge in [-0.3, -0.25) is 4.90 Å². The lowest BCUT2D eigenvalue weighted by molar-refractivity contribution is 0.177. The Kier molecular flexibility index (Phi) is 7.19. The SMILES string of the molecule is CCOc1ccc(NC(=S)N2CCN(Cc3ccc(Cl)c(Cl)c3)CC2)cc1. The molecule has 0 spiro atoms. The molecule has 3 rings (SSSR count). The Hall–Kier alpha value is -1.53. The fraction of sp³-hybridized carbons (Fsp3) is 0.350. The summed E-state index contributed by atoms with van der Waals surface area (Å²) in [4.78, 5) is 4.60. The lowest BCUT2D eigenvalue weighted by atomic mass is 10.2.